The molecule has 3 aromatic rings. The van der Waals surface area contributed by atoms with E-state index in [0.29, 0.717) is 17.0 Å². The summed E-state index contributed by atoms with van der Waals surface area (Å²) in [6, 6.07) is 11.9. The van der Waals surface area contributed by atoms with Crippen LogP contribution in [0.15, 0.2) is 53.1 Å². The van der Waals surface area contributed by atoms with Crippen molar-refractivity contribution in [2.45, 2.75) is 0 Å². The average molecular weight is 285 g/mol. The van der Waals surface area contributed by atoms with Gasteiger partial charge in [0.2, 0.25) is 5.95 Å². The van der Waals surface area contributed by atoms with Crippen LogP contribution >= 0.6 is 0 Å². The fraction of sp³-hybridized carbons (Fsp3) is 0. The second-order valence-corrected chi connectivity index (χ2v) is 4.23. The first-order valence-corrected chi connectivity index (χ1v) is 5.98. The molecule has 0 saturated heterocycles. The molecule has 0 spiro atoms. The number of rotatable bonds is 3. The first-order valence-electron chi connectivity index (χ1n) is 5.98. The third-order valence-corrected chi connectivity index (χ3v) is 2.83. The van der Waals surface area contributed by atoms with Crippen LogP contribution in [0.1, 0.15) is 0 Å². The third-order valence-electron chi connectivity index (χ3n) is 2.83. The Hall–Kier alpha value is -3.09. The van der Waals surface area contributed by atoms with E-state index in [1.54, 1.807) is 24.3 Å². The largest absolute Gasteiger partial charge is 0.354 e. The second-order valence-electron chi connectivity index (χ2n) is 4.23. The number of hydrogen-bond donors (Lipinski definition) is 0. The van der Waals surface area contributed by atoms with E-state index in [-0.39, 0.29) is 11.4 Å². The van der Waals surface area contributed by atoms with Gasteiger partial charge in [0, 0.05) is 23.8 Å². The van der Waals surface area contributed by atoms with Gasteiger partial charge in [-0.05, 0) is 12.1 Å². The molecule has 1 aromatic carbocycles. The van der Waals surface area contributed by atoms with Gasteiger partial charge in [0.05, 0.1) is 4.92 Å². The van der Waals surface area contributed by atoms with Crippen LogP contribution in [0, 0.1) is 16.1 Å². The number of benzene rings is 1. The number of non-ortho nitro benzene ring substituents is 1. The molecule has 3 rings (SSSR count). The fourth-order valence-corrected chi connectivity index (χ4v) is 1.86. The van der Waals surface area contributed by atoms with Crippen molar-refractivity contribution >= 4 is 5.69 Å². The highest BCUT2D eigenvalue weighted by Gasteiger charge is 2.13. The van der Waals surface area contributed by atoms with E-state index in [1.165, 1.54) is 24.3 Å². The van der Waals surface area contributed by atoms with E-state index in [1.807, 2.05) is 0 Å². The van der Waals surface area contributed by atoms with Crippen LogP contribution in [0.3, 0.4) is 0 Å². The average Bonchev–Trinajstić information content (AvgIpc) is 2.97. The molecular weight excluding hydrogens is 277 g/mol. The van der Waals surface area contributed by atoms with Gasteiger partial charge >= 0.3 is 0 Å². The monoisotopic (exact) mass is 285 g/mol. The van der Waals surface area contributed by atoms with Gasteiger partial charge in [-0.2, -0.15) is 4.39 Å². The minimum atomic E-state index is -0.624. The number of halogens is 1. The summed E-state index contributed by atoms with van der Waals surface area (Å²) in [6.07, 6.45) is 0. The highest BCUT2D eigenvalue weighted by Crippen LogP contribution is 2.27. The lowest BCUT2D eigenvalue weighted by Crippen LogP contribution is -1.87. The number of pyridine rings is 1. The number of nitrogens with zero attached hydrogens (tertiary/aromatic N) is 3. The van der Waals surface area contributed by atoms with Crippen LogP contribution < -0.4 is 0 Å². The molecule has 7 heteroatoms. The zero-order valence-corrected chi connectivity index (χ0v) is 10.6. The Morgan fingerprint density at radius 2 is 1.90 bits per heavy atom. The molecule has 0 unspecified atom stereocenters. The maximum absolute atomic E-state index is 13.1. The Kier molecular flexibility index (Phi) is 3.15. The van der Waals surface area contributed by atoms with E-state index in [2.05, 4.69) is 10.1 Å². The number of aromatic nitrogens is 2. The summed E-state index contributed by atoms with van der Waals surface area (Å²) in [6.45, 7) is 0. The summed E-state index contributed by atoms with van der Waals surface area (Å²) in [7, 11) is 0. The topological polar surface area (TPSA) is 82.1 Å². The summed E-state index contributed by atoms with van der Waals surface area (Å²) in [5.74, 6) is -0.336. The lowest BCUT2D eigenvalue weighted by Gasteiger charge is -1.95. The molecule has 0 aliphatic rings. The predicted molar refractivity (Wildman–Crippen MR) is 71.8 cm³/mol. The highest BCUT2D eigenvalue weighted by atomic mass is 19.1. The van der Waals surface area contributed by atoms with Crippen molar-refractivity contribution in [1.29, 1.82) is 0 Å². The zero-order valence-electron chi connectivity index (χ0n) is 10.6. The SMILES string of the molecule is O=[N+]([O-])c1cccc(-c2cc(-c3cccc(F)n3)on2)c1. The van der Waals surface area contributed by atoms with Gasteiger partial charge in [-0.3, -0.25) is 10.1 Å². The molecule has 0 bridgehead atoms. The Morgan fingerprint density at radius 1 is 1.10 bits per heavy atom. The standard InChI is InChI=1S/C14H8FN3O3/c15-14-6-2-5-11(16-14)13-8-12(17-21-13)9-3-1-4-10(7-9)18(19)20/h1-8H. The number of nitro benzene ring substituents is 1. The summed E-state index contributed by atoms with van der Waals surface area (Å²) in [4.78, 5) is 14.0. The molecule has 0 amide bonds. The van der Waals surface area contributed by atoms with Crippen LogP contribution in [0.2, 0.25) is 0 Å². The number of hydrogen-bond acceptors (Lipinski definition) is 5. The molecule has 0 N–H and O–H groups in total. The van der Waals surface area contributed by atoms with Gasteiger partial charge < -0.3 is 4.52 Å². The van der Waals surface area contributed by atoms with Crippen LogP contribution in [0.25, 0.3) is 22.7 Å². The van der Waals surface area contributed by atoms with Gasteiger partial charge in [0.15, 0.2) is 5.76 Å². The molecule has 2 heterocycles. The van der Waals surface area contributed by atoms with E-state index >= 15 is 0 Å². The van der Waals surface area contributed by atoms with Crippen molar-refractivity contribution < 1.29 is 13.8 Å². The molecule has 21 heavy (non-hydrogen) atoms. The Morgan fingerprint density at radius 3 is 2.67 bits per heavy atom. The summed E-state index contributed by atoms with van der Waals surface area (Å²) in [5, 5.41) is 14.6. The molecule has 0 atom stereocenters. The van der Waals surface area contributed by atoms with E-state index in [0.717, 1.165) is 0 Å². The normalized spacial score (nSPS) is 10.5. The smallest absolute Gasteiger partial charge is 0.270 e. The van der Waals surface area contributed by atoms with Crippen LogP contribution in [-0.2, 0) is 0 Å². The summed E-state index contributed by atoms with van der Waals surface area (Å²) in [5.41, 5.74) is 1.22. The molecule has 0 aliphatic carbocycles. The highest BCUT2D eigenvalue weighted by molar-refractivity contribution is 5.66. The van der Waals surface area contributed by atoms with E-state index in [9.17, 15) is 14.5 Å². The minimum absolute atomic E-state index is 0.0408. The van der Waals surface area contributed by atoms with Gasteiger partial charge in [-0.1, -0.05) is 23.4 Å². The predicted octanol–water partition coefficient (Wildman–Crippen LogP) is 3.45. The van der Waals surface area contributed by atoms with Crippen LogP contribution in [0.4, 0.5) is 10.1 Å². The molecule has 2 aromatic heterocycles. The molecule has 104 valence electrons. The van der Waals surface area contributed by atoms with Crippen molar-refractivity contribution in [2.75, 3.05) is 0 Å². The van der Waals surface area contributed by atoms with Crippen molar-refractivity contribution in [3.63, 3.8) is 0 Å². The first kappa shape index (κ1) is 12.9. The van der Waals surface area contributed by atoms with Gasteiger partial charge in [-0.25, -0.2) is 4.98 Å². The molecule has 0 radical (unpaired) electrons. The van der Waals surface area contributed by atoms with Gasteiger partial charge in [0.25, 0.3) is 5.69 Å². The van der Waals surface area contributed by atoms with Crippen molar-refractivity contribution in [1.82, 2.24) is 10.1 Å². The second kappa shape index (κ2) is 5.12. The quantitative estimate of drug-likeness (QED) is 0.418. The lowest BCUT2D eigenvalue weighted by molar-refractivity contribution is -0.384. The van der Waals surface area contributed by atoms with E-state index in [4.69, 9.17) is 4.52 Å². The first-order chi connectivity index (χ1) is 10.1. The molecular formula is C14H8FN3O3. The maximum atomic E-state index is 13.1. The Labute approximate surface area is 118 Å². The Balaban J connectivity index is 1.98. The minimum Gasteiger partial charge on any atom is -0.354 e. The summed E-state index contributed by atoms with van der Waals surface area (Å²) >= 11 is 0. The van der Waals surface area contributed by atoms with E-state index < -0.39 is 10.9 Å². The van der Waals surface area contributed by atoms with Crippen LogP contribution in [-0.4, -0.2) is 15.1 Å². The van der Waals surface area contributed by atoms with Crippen molar-refractivity contribution in [2.24, 2.45) is 0 Å². The van der Waals surface area contributed by atoms with Gasteiger partial charge in [-0.15, -0.1) is 0 Å². The maximum Gasteiger partial charge on any atom is 0.270 e. The van der Waals surface area contributed by atoms with Crippen molar-refractivity contribution in [3.8, 4) is 22.7 Å². The van der Waals surface area contributed by atoms with Gasteiger partial charge in [0.1, 0.15) is 11.4 Å². The van der Waals surface area contributed by atoms with Crippen molar-refractivity contribution in [3.05, 3.63) is 64.6 Å². The summed E-state index contributed by atoms with van der Waals surface area (Å²) < 4.78 is 18.2. The zero-order chi connectivity index (χ0) is 14.8. The third kappa shape index (κ3) is 2.62. The molecule has 0 saturated carbocycles. The lowest BCUT2D eigenvalue weighted by atomic mass is 10.1. The molecule has 6 nitrogen and oxygen atoms in total. The molecule has 0 fully saturated rings. The number of nitro groups is 1. The Bertz CT molecular complexity index is 816. The fourth-order valence-electron chi connectivity index (χ4n) is 1.86. The van der Waals surface area contributed by atoms with Crippen LogP contribution in [0.5, 0.6) is 0 Å². The molecule has 0 aliphatic heterocycles.